The van der Waals surface area contributed by atoms with Crippen molar-refractivity contribution in [3.05, 3.63) is 23.0 Å². The Morgan fingerprint density at radius 2 is 1.80 bits per heavy atom. The summed E-state index contributed by atoms with van der Waals surface area (Å²) in [4.78, 5) is 4.25. The molecule has 0 unspecified atom stereocenters. The van der Waals surface area contributed by atoms with Crippen LogP contribution in [0.1, 0.15) is 17.0 Å². The van der Waals surface area contributed by atoms with E-state index in [0.717, 1.165) is 22.6 Å². The first-order valence-corrected chi connectivity index (χ1v) is 3.31. The Hall–Kier alpha value is -1.05. The quantitative estimate of drug-likeness (QED) is 0.588. The number of anilines is 1. The molecule has 0 aromatic carbocycles. The highest BCUT2D eigenvalue weighted by Gasteiger charge is 1.97. The predicted molar refractivity (Wildman–Crippen MR) is 42.9 cm³/mol. The highest BCUT2D eigenvalue weighted by Crippen LogP contribution is 2.12. The summed E-state index contributed by atoms with van der Waals surface area (Å²) in [6, 6.07) is 1.96. The highest BCUT2D eigenvalue weighted by molar-refractivity contribution is 5.45. The molecule has 0 saturated heterocycles. The van der Waals surface area contributed by atoms with Gasteiger partial charge in [-0.2, -0.15) is 0 Å². The van der Waals surface area contributed by atoms with Crippen LogP contribution in [-0.4, -0.2) is 4.98 Å². The van der Waals surface area contributed by atoms with Crippen molar-refractivity contribution in [2.75, 3.05) is 5.73 Å². The van der Waals surface area contributed by atoms with E-state index in [4.69, 9.17) is 5.73 Å². The van der Waals surface area contributed by atoms with E-state index in [1.165, 1.54) is 0 Å². The van der Waals surface area contributed by atoms with Gasteiger partial charge in [-0.05, 0) is 32.4 Å². The number of nitrogens with zero attached hydrogens (tertiary/aromatic N) is 1. The van der Waals surface area contributed by atoms with Crippen molar-refractivity contribution >= 4 is 5.69 Å². The van der Waals surface area contributed by atoms with Crippen LogP contribution in [0.2, 0.25) is 0 Å². The molecule has 54 valence electrons. The maximum atomic E-state index is 5.63. The maximum Gasteiger partial charge on any atom is 0.0605 e. The molecule has 1 rings (SSSR count). The lowest BCUT2D eigenvalue weighted by Gasteiger charge is -2.02. The van der Waals surface area contributed by atoms with Crippen LogP contribution in [0.4, 0.5) is 5.69 Å². The van der Waals surface area contributed by atoms with E-state index < -0.39 is 0 Å². The number of nitrogen functional groups attached to an aromatic ring is 1. The molecule has 0 atom stereocenters. The van der Waals surface area contributed by atoms with Crippen molar-refractivity contribution in [3.63, 3.8) is 0 Å². The zero-order chi connectivity index (χ0) is 7.72. The van der Waals surface area contributed by atoms with Crippen LogP contribution in [0.5, 0.6) is 0 Å². The molecule has 0 aliphatic heterocycles. The summed E-state index contributed by atoms with van der Waals surface area (Å²) < 4.78 is 0. The molecule has 10 heavy (non-hydrogen) atoms. The van der Waals surface area contributed by atoms with Gasteiger partial charge in [-0.3, -0.25) is 4.98 Å². The zero-order valence-corrected chi connectivity index (χ0v) is 6.60. The van der Waals surface area contributed by atoms with Crippen LogP contribution in [0.15, 0.2) is 6.07 Å². The van der Waals surface area contributed by atoms with Crippen molar-refractivity contribution < 1.29 is 0 Å². The summed E-state index contributed by atoms with van der Waals surface area (Å²) in [5.74, 6) is 0. The normalized spacial score (nSPS) is 9.90. The monoisotopic (exact) mass is 136 g/mol. The van der Waals surface area contributed by atoms with E-state index >= 15 is 0 Å². The molecule has 0 bridgehead atoms. The summed E-state index contributed by atoms with van der Waals surface area (Å²) in [6.45, 7) is 5.92. The van der Waals surface area contributed by atoms with E-state index in [9.17, 15) is 0 Å². The van der Waals surface area contributed by atoms with Gasteiger partial charge in [0.1, 0.15) is 0 Å². The predicted octanol–water partition coefficient (Wildman–Crippen LogP) is 1.59. The topological polar surface area (TPSA) is 38.9 Å². The van der Waals surface area contributed by atoms with Gasteiger partial charge in [0.2, 0.25) is 0 Å². The Morgan fingerprint density at radius 3 is 2.30 bits per heavy atom. The fourth-order valence-corrected chi connectivity index (χ4v) is 0.846. The Labute approximate surface area is 61.1 Å². The molecule has 1 aromatic rings. The van der Waals surface area contributed by atoms with Crippen LogP contribution in [0.3, 0.4) is 0 Å². The fourth-order valence-electron chi connectivity index (χ4n) is 0.846. The van der Waals surface area contributed by atoms with E-state index in [0.29, 0.717) is 0 Å². The number of hydrogen-bond donors (Lipinski definition) is 1. The standard InChI is InChI=1S/C8H12N2/c1-5-4-8(9)7(3)10-6(5)2/h4H,9H2,1-3H3. The van der Waals surface area contributed by atoms with Crippen LogP contribution in [0, 0.1) is 20.8 Å². The minimum absolute atomic E-state index is 0.781. The molecule has 2 nitrogen and oxygen atoms in total. The van der Waals surface area contributed by atoms with Gasteiger partial charge in [-0.15, -0.1) is 0 Å². The van der Waals surface area contributed by atoms with Crippen LogP contribution in [-0.2, 0) is 0 Å². The van der Waals surface area contributed by atoms with Gasteiger partial charge in [0.05, 0.1) is 11.4 Å². The van der Waals surface area contributed by atoms with Crippen LogP contribution < -0.4 is 5.73 Å². The largest absolute Gasteiger partial charge is 0.397 e. The first-order chi connectivity index (χ1) is 4.61. The third-order valence-corrected chi connectivity index (χ3v) is 1.70. The fraction of sp³-hybridized carbons (Fsp3) is 0.375. The number of aryl methyl sites for hydroxylation is 3. The second kappa shape index (κ2) is 2.29. The number of rotatable bonds is 0. The third kappa shape index (κ3) is 1.10. The molecule has 0 aliphatic rings. The molecule has 0 amide bonds. The molecule has 2 heteroatoms. The second-order valence-corrected chi connectivity index (χ2v) is 2.57. The van der Waals surface area contributed by atoms with Gasteiger partial charge in [-0.1, -0.05) is 0 Å². The summed E-state index contributed by atoms with van der Waals surface area (Å²) in [5.41, 5.74) is 9.54. The lowest BCUT2D eigenvalue weighted by atomic mass is 10.2. The molecule has 0 aliphatic carbocycles. The Balaban J connectivity index is 3.28. The molecule has 1 heterocycles. The molecule has 0 saturated carbocycles. The van der Waals surface area contributed by atoms with Gasteiger partial charge >= 0.3 is 0 Å². The van der Waals surface area contributed by atoms with E-state index in [1.54, 1.807) is 0 Å². The summed E-state index contributed by atoms with van der Waals surface area (Å²) in [7, 11) is 0. The molecule has 1 aromatic heterocycles. The van der Waals surface area contributed by atoms with Crippen molar-refractivity contribution in [1.82, 2.24) is 4.98 Å². The lowest BCUT2D eigenvalue weighted by Crippen LogP contribution is -1.96. The van der Waals surface area contributed by atoms with Gasteiger partial charge in [0.25, 0.3) is 0 Å². The Bertz CT molecular complexity index is 203. The minimum atomic E-state index is 0.781. The average molecular weight is 136 g/mol. The molecule has 0 fully saturated rings. The molecule has 0 spiro atoms. The number of hydrogen-bond acceptors (Lipinski definition) is 2. The smallest absolute Gasteiger partial charge is 0.0605 e. The highest BCUT2D eigenvalue weighted by atomic mass is 14.7. The number of pyridine rings is 1. The average Bonchev–Trinajstić information content (AvgIpc) is 1.84. The Kier molecular flexibility index (Phi) is 1.62. The summed E-state index contributed by atoms with van der Waals surface area (Å²) in [6.07, 6.45) is 0. The first kappa shape index (κ1) is 7.06. The number of aromatic nitrogens is 1. The van der Waals surface area contributed by atoms with Gasteiger partial charge in [-0.25, -0.2) is 0 Å². The molecular weight excluding hydrogens is 124 g/mol. The van der Waals surface area contributed by atoms with Crippen molar-refractivity contribution in [3.8, 4) is 0 Å². The van der Waals surface area contributed by atoms with Gasteiger partial charge in [0.15, 0.2) is 0 Å². The van der Waals surface area contributed by atoms with Crippen LogP contribution >= 0.6 is 0 Å². The van der Waals surface area contributed by atoms with E-state index in [1.807, 2.05) is 26.8 Å². The second-order valence-electron chi connectivity index (χ2n) is 2.57. The van der Waals surface area contributed by atoms with Crippen molar-refractivity contribution in [2.45, 2.75) is 20.8 Å². The van der Waals surface area contributed by atoms with Crippen LogP contribution in [0.25, 0.3) is 0 Å². The molecule has 0 radical (unpaired) electrons. The van der Waals surface area contributed by atoms with Gasteiger partial charge in [0, 0.05) is 5.69 Å². The van der Waals surface area contributed by atoms with E-state index in [-0.39, 0.29) is 0 Å². The first-order valence-electron chi connectivity index (χ1n) is 3.31. The molecule has 2 N–H and O–H groups in total. The number of nitrogens with two attached hydrogens (primary N) is 1. The summed E-state index contributed by atoms with van der Waals surface area (Å²) >= 11 is 0. The van der Waals surface area contributed by atoms with E-state index in [2.05, 4.69) is 4.98 Å². The van der Waals surface area contributed by atoms with Gasteiger partial charge < -0.3 is 5.73 Å². The molecular formula is C8H12N2. The van der Waals surface area contributed by atoms with Crippen molar-refractivity contribution in [1.29, 1.82) is 0 Å². The SMILES string of the molecule is Cc1cc(N)c(C)nc1C. The maximum absolute atomic E-state index is 5.63. The van der Waals surface area contributed by atoms with Crippen molar-refractivity contribution in [2.24, 2.45) is 0 Å². The summed E-state index contributed by atoms with van der Waals surface area (Å²) in [5, 5.41) is 0. The Morgan fingerprint density at radius 1 is 1.20 bits per heavy atom. The zero-order valence-electron chi connectivity index (χ0n) is 6.60. The lowest BCUT2D eigenvalue weighted by molar-refractivity contribution is 1.09. The minimum Gasteiger partial charge on any atom is -0.397 e. The third-order valence-electron chi connectivity index (χ3n) is 1.70.